The van der Waals surface area contributed by atoms with E-state index in [-0.39, 0.29) is 5.78 Å². The van der Waals surface area contributed by atoms with Gasteiger partial charge in [-0.3, -0.25) is 4.79 Å². The molecule has 0 amide bonds. The smallest absolute Gasteiger partial charge is 0.339 e. The molecule has 0 bridgehead atoms. The van der Waals surface area contributed by atoms with E-state index in [4.69, 9.17) is 4.74 Å². The molecule has 0 aromatic heterocycles. The van der Waals surface area contributed by atoms with Crippen LogP contribution in [0.15, 0.2) is 24.3 Å². The first-order valence-electron chi connectivity index (χ1n) is 4.39. The molecule has 0 spiro atoms. The monoisotopic (exact) mass is 190 g/mol. The van der Waals surface area contributed by atoms with Crippen molar-refractivity contribution in [2.45, 2.75) is 19.4 Å². The number of hydrogen-bond donors (Lipinski definition) is 0. The van der Waals surface area contributed by atoms with Crippen molar-refractivity contribution in [2.75, 3.05) is 0 Å². The summed E-state index contributed by atoms with van der Waals surface area (Å²) in [6.45, 7) is 3.20. The first-order valence-corrected chi connectivity index (χ1v) is 4.39. The third-order valence-electron chi connectivity index (χ3n) is 2.29. The van der Waals surface area contributed by atoms with Crippen molar-refractivity contribution in [2.24, 2.45) is 0 Å². The number of fused-ring (bicyclic) bond motifs is 1. The number of ether oxygens (including phenoxy) is 1. The average Bonchev–Trinajstić information content (AvgIpc) is 2.14. The lowest BCUT2D eigenvalue weighted by molar-refractivity contribution is -0.000411. The molecule has 3 heteroatoms. The number of esters is 1. The van der Waals surface area contributed by atoms with Crippen molar-refractivity contribution in [3.63, 3.8) is 0 Å². The normalized spacial score (nSPS) is 18.7. The number of ketones is 1. The summed E-state index contributed by atoms with van der Waals surface area (Å²) in [7, 11) is 0. The van der Waals surface area contributed by atoms with Crippen LogP contribution in [-0.2, 0) is 4.74 Å². The van der Waals surface area contributed by atoms with E-state index in [1.807, 2.05) is 0 Å². The third-order valence-corrected chi connectivity index (χ3v) is 2.29. The maximum absolute atomic E-state index is 11.8. The minimum Gasteiger partial charge on any atom is -0.448 e. The molecule has 0 aliphatic carbocycles. The van der Waals surface area contributed by atoms with Gasteiger partial charge in [-0.1, -0.05) is 18.2 Å². The summed E-state index contributed by atoms with van der Waals surface area (Å²) in [6.07, 6.45) is 0. The predicted molar refractivity (Wildman–Crippen MR) is 50.3 cm³/mol. The Morgan fingerprint density at radius 2 is 1.64 bits per heavy atom. The lowest BCUT2D eigenvalue weighted by Gasteiger charge is -2.29. The summed E-state index contributed by atoms with van der Waals surface area (Å²) >= 11 is 0. The van der Waals surface area contributed by atoms with E-state index < -0.39 is 11.6 Å². The van der Waals surface area contributed by atoms with E-state index in [0.717, 1.165) is 0 Å². The van der Waals surface area contributed by atoms with Crippen LogP contribution in [0.3, 0.4) is 0 Å². The highest BCUT2D eigenvalue weighted by Gasteiger charge is 2.39. The Bertz CT molecular complexity index is 418. The fraction of sp³-hybridized carbons (Fsp3) is 0.273. The molecular weight excluding hydrogens is 180 g/mol. The fourth-order valence-corrected chi connectivity index (χ4v) is 1.52. The molecule has 1 aliphatic heterocycles. The molecule has 0 saturated heterocycles. The molecule has 0 atom stereocenters. The van der Waals surface area contributed by atoms with Gasteiger partial charge in [-0.2, -0.15) is 0 Å². The highest BCUT2D eigenvalue weighted by Crippen LogP contribution is 2.27. The molecule has 0 unspecified atom stereocenters. The summed E-state index contributed by atoms with van der Waals surface area (Å²) in [5.41, 5.74) is -0.226. The number of carbonyl (C=O) groups is 2. The van der Waals surface area contributed by atoms with Gasteiger partial charge in [-0.05, 0) is 19.9 Å². The van der Waals surface area contributed by atoms with Gasteiger partial charge in [-0.15, -0.1) is 0 Å². The molecular formula is C11H10O3. The Labute approximate surface area is 81.7 Å². The van der Waals surface area contributed by atoms with Gasteiger partial charge >= 0.3 is 5.97 Å². The molecule has 0 fully saturated rings. The van der Waals surface area contributed by atoms with Crippen molar-refractivity contribution >= 4 is 11.8 Å². The summed E-state index contributed by atoms with van der Waals surface area (Å²) in [4.78, 5) is 23.3. The van der Waals surface area contributed by atoms with Crippen LogP contribution < -0.4 is 0 Å². The Morgan fingerprint density at radius 1 is 1.07 bits per heavy atom. The minimum atomic E-state index is -1.04. The Kier molecular flexibility index (Phi) is 1.71. The van der Waals surface area contributed by atoms with Crippen LogP contribution in [0.1, 0.15) is 34.6 Å². The SMILES string of the molecule is CC1(C)OC(=O)c2ccccc2C1=O. The van der Waals surface area contributed by atoms with Crippen LogP contribution in [0, 0.1) is 0 Å². The molecule has 0 saturated carbocycles. The quantitative estimate of drug-likeness (QED) is 0.586. The molecule has 1 aliphatic rings. The lowest BCUT2D eigenvalue weighted by Crippen LogP contribution is -2.42. The summed E-state index contributed by atoms with van der Waals surface area (Å²) < 4.78 is 5.02. The Morgan fingerprint density at radius 3 is 2.29 bits per heavy atom. The van der Waals surface area contributed by atoms with E-state index in [1.165, 1.54) is 0 Å². The molecule has 1 heterocycles. The number of Topliss-reactive ketones (excluding diaryl/α,β-unsaturated/α-hetero) is 1. The van der Waals surface area contributed by atoms with E-state index in [2.05, 4.69) is 0 Å². The zero-order valence-corrected chi connectivity index (χ0v) is 8.03. The van der Waals surface area contributed by atoms with Gasteiger partial charge in [0.05, 0.1) is 5.56 Å². The van der Waals surface area contributed by atoms with Crippen molar-refractivity contribution in [3.8, 4) is 0 Å². The van der Waals surface area contributed by atoms with Crippen molar-refractivity contribution in [1.29, 1.82) is 0 Å². The van der Waals surface area contributed by atoms with Gasteiger partial charge < -0.3 is 4.74 Å². The standard InChI is InChI=1S/C11H10O3/c1-11(2)9(12)7-5-3-4-6-8(7)10(13)14-11/h3-6H,1-2H3. The molecule has 72 valence electrons. The van der Waals surface area contributed by atoms with Crippen molar-refractivity contribution in [3.05, 3.63) is 35.4 Å². The van der Waals surface area contributed by atoms with E-state index >= 15 is 0 Å². The van der Waals surface area contributed by atoms with Gasteiger partial charge in [0.15, 0.2) is 5.60 Å². The van der Waals surface area contributed by atoms with E-state index in [9.17, 15) is 9.59 Å². The molecule has 0 N–H and O–H groups in total. The number of rotatable bonds is 0. The lowest BCUT2D eigenvalue weighted by atomic mass is 9.90. The number of carbonyl (C=O) groups excluding carboxylic acids is 2. The topological polar surface area (TPSA) is 43.4 Å². The van der Waals surface area contributed by atoms with Gasteiger partial charge in [0.1, 0.15) is 0 Å². The van der Waals surface area contributed by atoms with Crippen molar-refractivity contribution in [1.82, 2.24) is 0 Å². The van der Waals surface area contributed by atoms with Gasteiger partial charge in [0.25, 0.3) is 0 Å². The largest absolute Gasteiger partial charge is 0.448 e. The number of hydrogen-bond acceptors (Lipinski definition) is 3. The van der Waals surface area contributed by atoms with Crippen LogP contribution in [-0.4, -0.2) is 17.4 Å². The predicted octanol–water partition coefficient (Wildman–Crippen LogP) is 1.82. The molecule has 14 heavy (non-hydrogen) atoms. The molecule has 1 aromatic rings. The van der Waals surface area contributed by atoms with E-state index in [0.29, 0.717) is 11.1 Å². The first kappa shape index (κ1) is 8.94. The highest BCUT2D eigenvalue weighted by molar-refractivity contribution is 6.13. The van der Waals surface area contributed by atoms with Crippen LogP contribution in [0.5, 0.6) is 0 Å². The average molecular weight is 190 g/mol. The molecule has 2 rings (SSSR count). The van der Waals surface area contributed by atoms with Crippen LogP contribution in [0.25, 0.3) is 0 Å². The summed E-state index contributed by atoms with van der Waals surface area (Å²) in [5.74, 6) is -0.571. The maximum atomic E-state index is 11.8. The zero-order chi connectivity index (χ0) is 10.3. The fourth-order valence-electron chi connectivity index (χ4n) is 1.52. The maximum Gasteiger partial charge on any atom is 0.339 e. The van der Waals surface area contributed by atoms with E-state index in [1.54, 1.807) is 38.1 Å². The van der Waals surface area contributed by atoms with Crippen LogP contribution >= 0.6 is 0 Å². The second-order valence-electron chi connectivity index (χ2n) is 3.77. The second kappa shape index (κ2) is 2.67. The Hall–Kier alpha value is -1.64. The molecule has 1 aromatic carbocycles. The second-order valence-corrected chi connectivity index (χ2v) is 3.77. The van der Waals surface area contributed by atoms with Gasteiger partial charge in [0, 0.05) is 5.56 Å². The molecule has 3 nitrogen and oxygen atoms in total. The Balaban J connectivity index is 2.63. The van der Waals surface area contributed by atoms with Gasteiger partial charge in [-0.25, -0.2) is 4.79 Å². The highest BCUT2D eigenvalue weighted by atomic mass is 16.6. The van der Waals surface area contributed by atoms with Crippen LogP contribution in [0.4, 0.5) is 0 Å². The van der Waals surface area contributed by atoms with Crippen LogP contribution in [0.2, 0.25) is 0 Å². The van der Waals surface area contributed by atoms with Gasteiger partial charge in [0.2, 0.25) is 5.78 Å². The van der Waals surface area contributed by atoms with Crippen molar-refractivity contribution < 1.29 is 14.3 Å². The number of cyclic esters (lactones) is 1. The first-order chi connectivity index (χ1) is 6.52. The molecule has 0 radical (unpaired) electrons. The summed E-state index contributed by atoms with van der Waals surface area (Å²) in [5, 5.41) is 0. The summed E-state index contributed by atoms with van der Waals surface area (Å²) in [6, 6.07) is 6.71. The minimum absolute atomic E-state index is 0.146. The number of benzene rings is 1. The third kappa shape index (κ3) is 1.13. The zero-order valence-electron chi connectivity index (χ0n) is 8.03.